The van der Waals surface area contributed by atoms with Crippen LogP contribution in [-0.4, -0.2) is 14.2 Å². The molecule has 0 saturated heterocycles. The minimum absolute atomic E-state index is 0.0308. The monoisotopic (exact) mass is 329 g/mol. The molecule has 6 heteroatoms. The van der Waals surface area contributed by atoms with E-state index in [1.165, 1.54) is 12.1 Å². The van der Waals surface area contributed by atoms with Crippen LogP contribution in [0.4, 0.5) is 5.69 Å². The van der Waals surface area contributed by atoms with E-state index in [1.54, 1.807) is 18.2 Å². The van der Waals surface area contributed by atoms with Gasteiger partial charge in [-0.15, -0.1) is 0 Å². The molecule has 0 unspecified atom stereocenters. The lowest BCUT2D eigenvalue weighted by Gasteiger charge is -2.07. The van der Waals surface area contributed by atoms with Crippen LogP contribution in [0.15, 0.2) is 47.4 Å². The first-order valence-corrected chi connectivity index (χ1v) is 8.31. The number of anilines is 1. The fourth-order valence-electron chi connectivity index (χ4n) is 1.76. The Hall–Kier alpha value is -1.23. The van der Waals surface area contributed by atoms with Crippen molar-refractivity contribution in [3.8, 4) is 0 Å². The standard InChI is InChI=1S/C14H13Cl2NO2S/c15-11-3-6-13(16)14(9-11)20(18,19)8-7-10-1-4-12(17)5-2-10/h1-6,9H,7-8,17H2. The van der Waals surface area contributed by atoms with Crippen molar-refractivity contribution in [1.82, 2.24) is 0 Å². The topological polar surface area (TPSA) is 60.2 Å². The van der Waals surface area contributed by atoms with Gasteiger partial charge < -0.3 is 5.73 Å². The van der Waals surface area contributed by atoms with Crippen molar-refractivity contribution in [3.05, 3.63) is 58.1 Å². The third kappa shape index (κ3) is 3.66. The van der Waals surface area contributed by atoms with Crippen LogP contribution in [0.5, 0.6) is 0 Å². The lowest BCUT2D eigenvalue weighted by Crippen LogP contribution is -2.10. The van der Waals surface area contributed by atoms with Crippen LogP contribution in [0.25, 0.3) is 0 Å². The van der Waals surface area contributed by atoms with Gasteiger partial charge in [-0.25, -0.2) is 8.42 Å². The van der Waals surface area contributed by atoms with Crippen LogP contribution in [0.3, 0.4) is 0 Å². The minimum atomic E-state index is -3.47. The Balaban J connectivity index is 2.19. The molecule has 0 aromatic heterocycles. The molecule has 0 fully saturated rings. The number of hydrogen-bond donors (Lipinski definition) is 1. The van der Waals surface area contributed by atoms with Crippen molar-refractivity contribution >= 4 is 38.7 Å². The first kappa shape index (κ1) is 15.2. The molecule has 0 aliphatic carbocycles. The number of rotatable bonds is 4. The van der Waals surface area contributed by atoms with Crippen molar-refractivity contribution in [3.63, 3.8) is 0 Å². The number of sulfone groups is 1. The van der Waals surface area contributed by atoms with E-state index in [0.717, 1.165) is 5.56 Å². The van der Waals surface area contributed by atoms with E-state index in [9.17, 15) is 8.42 Å². The molecule has 106 valence electrons. The maximum absolute atomic E-state index is 12.3. The molecule has 0 atom stereocenters. The summed E-state index contributed by atoms with van der Waals surface area (Å²) in [5.41, 5.74) is 7.14. The molecule has 2 aromatic rings. The highest BCUT2D eigenvalue weighted by Crippen LogP contribution is 2.26. The molecule has 0 radical (unpaired) electrons. The maximum Gasteiger partial charge on any atom is 0.180 e. The van der Waals surface area contributed by atoms with Gasteiger partial charge >= 0.3 is 0 Å². The summed E-state index contributed by atoms with van der Waals surface area (Å²) in [5.74, 6) is -0.0308. The number of nitrogens with two attached hydrogens (primary N) is 1. The lowest BCUT2D eigenvalue weighted by atomic mass is 10.2. The van der Waals surface area contributed by atoms with Gasteiger partial charge in [-0.3, -0.25) is 0 Å². The van der Waals surface area contributed by atoms with Crippen LogP contribution >= 0.6 is 23.2 Å². The molecular weight excluding hydrogens is 317 g/mol. The van der Waals surface area contributed by atoms with Crippen molar-refractivity contribution in [2.45, 2.75) is 11.3 Å². The Kier molecular flexibility index (Phi) is 4.58. The molecule has 0 heterocycles. The first-order chi connectivity index (χ1) is 9.38. The van der Waals surface area contributed by atoms with E-state index < -0.39 is 9.84 Å². The van der Waals surface area contributed by atoms with Gasteiger partial charge in [0.15, 0.2) is 9.84 Å². The predicted octanol–water partition coefficient (Wildman–Crippen LogP) is 3.59. The third-order valence-electron chi connectivity index (χ3n) is 2.87. The first-order valence-electron chi connectivity index (χ1n) is 5.91. The Morgan fingerprint density at radius 1 is 1.00 bits per heavy atom. The van der Waals surface area contributed by atoms with Gasteiger partial charge in [0.1, 0.15) is 0 Å². The fraction of sp³-hybridized carbons (Fsp3) is 0.143. The summed E-state index contributed by atoms with van der Waals surface area (Å²) in [6.45, 7) is 0. The predicted molar refractivity (Wildman–Crippen MR) is 83.1 cm³/mol. The Labute approximate surface area is 128 Å². The number of aryl methyl sites for hydroxylation is 1. The summed E-state index contributed by atoms with van der Waals surface area (Å²) >= 11 is 11.7. The van der Waals surface area contributed by atoms with Gasteiger partial charge in [0, 0.05) is 10.7 Å². The van der Waals surface area contributed by atoms with Crippen molar-refractivity contribution < 1.29 is 8.42 Å². The second-order valence-corrected chi connectivity index (χ2v) is 7.31. The smallest absolute Gasteiger partial charge is 0.180 e. The average molecular weight is 330 g/mol. The Morgan fingerprint density at radius 2 is 1.65 bits per heavy atom. The van der Waals surface area contributed by atoms with Crippen LogP contribution in [0, 0.1) is 0 Å². The molecule has 20 heavy (non-hydrogen) atoms. The van der Waals surface area contributed by atoms with Crippen LogP contribution in [0.2, 0.25) is 10.0 Å². The highest BCUT2D eigenvalue weighted by molar-refractivity contribution is 7.91. The SMILES string of the molecule is Nc1ccc(CCS(=O)(=O)c2cc(Cl)ccc2Cl)cc1. The zero-order valence-corrected chi connectivity index (χ0v) is 12.8. The molecule has 0 bridgehead atoms. The summed E-state index contributed by atoms with van der Waals surface area (Å²) < 4.78 is 24.6. The molecule has 0 spiro atoms. The molecule has 2 rings (SSSR count). The normalized spacial score (nSPS) is 11.5. The van der Waals surface area contributed by atoms with E-state index >= 15 is 0 Å². The molecular formula is C14H13Cl2NO2S. The number of benzene rings is 2. The quantitative estimate of drug-likeness (QED) is 0.872. The summed E-state index contributed by atoms with van der Waals surface area (Å²) in [6, 6.07) is 11.5. The van der Waals surface area contributed by atoms with E-state index in [2.05, 4.69) is 0 Å². The van der Waals surface area contributed by atoms with Crippen molar-refractivity contribution in [1.29, 1.82) is 0 Å². The van der Waals surface area contributed by atoms with Gasteiger partial charge in [-0.1, -0.05) is 35.3 Å². The third-order valence-corrected chi connectivity index (χ3v) is 5.29. The highest BCUT2D eigenvalue weighted by atomic mass is 35.5. The van der Waals surface area contributed by atoms with Gasteiger partial charge in [0.25, 0.3) is 0 Å². The Morgan fingerprint density at radius 3 is 2.30 bits per heavy atom. The number of nitrogen functional groups attached to an aromatic ring is 1. The molecule has 0 aliphatic rings. The van der Waals surface area contributed by atoms with E-state index in [0.29, 0.717) is 17.1 Å². The van der Waals surface area contributed by atoms with E-state index in [1.807, 2.05) is 12.1 Å². The van der Waals surface area contributed by atoms with Gasteiger partial charge in [-0.05, 0) is 42.3 Å². The zero-order chi connectivity index (χ0) is 14.8. The summed E-state index contributed by atoms with van der Waals surface area (Å²) in [7, 11) is -3.47. The highest BCUT2D eigenvalue weighted by Gasteiger charge is 2.18. The number of hydrogen-bond acceptors (Lipinski definition) is 3. The maximum atomic E-state index is 12.3. The summed E-state index contributed by atoms with van der Waals surface area (Å²) in [5, 5.41) is 0.534. The molecule has 0 amide bonds. The lowest BCUT2D eigenvalue weighted by molar-refractivity contribution is 0.595. The van der Waals surface area contributed by atoms with E-state index in [4.69, 9.17) is 28.9 Å². The average Bonchev–Trinajstić information content (AvgIpc) is 2.41. The molecule has 0 aliphatic heterocycles. The molecule has 2 N–H and O–H groups in total. The molecule has 2 aromatic carbocycles. The van der Waals surface area contributed by atoms with Crippen molar-refractivity contribution in [2.75, 3.05) is 11.5 Å². The van der Waals surface area contributed by atoms with Crippen LogP contribution in [-0.2, 0) is 16.3 Å². The zero-order valence-electron chi connectivity index (χ0n) is 10.5. The van der Waals surface area contributed by atoms with Gasteiger partial charge in [0.2, 0.25) is 0 Å². The molecule has 3 nitrogen and oxygen atoms in total. The minimum Gasteiger partial charge on any atom is -0.399 e. The largest absolute Gasteiger partial charge is 0.399 e. The van der Waals surface area contributed by atoms with Crippen LogP contribution in [0.1, 0.15) is 5.56 Å². The fourth-order valence-corrected chi connectivity index (χ4v) is 3.87. The second-order valence-electron chi connectivity index (χ2n) is 4.39. The molecule has 0 saturated carbocycles. The van der Waals surface area contributed by atoms with Crippen LogP contribution < -0.4 is 5.73 Å². The second kappa shape index (κ2) is 6.04. The van der Waals surface area contributed by atoms with Gasteiger partial charge in [-0.2, -0.15) is 0 Å². The Bertz CT molecular complexity index is 712. The van der Waals surface area contributed by atoms with Crippen molar-refractivity contribution in [2.24, 2.45) is 0 Å². The van der Waals surface area contributed by atoms with E-state index in [-0.39, 0.29) is 15.7 Å². The summed E-state index contributed by atoms with van der Waals surface area (Å²) in [4.78, 5) is 0.0714. The van der Waals surface area contributed by atoms with Gasteiger partial charge in [0.05, 0.1) is 15.7 Å². The summed E-state index contributed by atoms with van der Waals surface area (Å²) in [6.07, 6.45) is 0.394. The number of halogens is 2.